The highest BCUT2D eigenvalue weighted by Gasteiger charge is 2.35. The number of carbonyl (C=O) groups excluding carboxylic acids is 1. The molecule has 0 N–H and O–H groups in total. The Morgan fingerprint density at radius 1 is 1.03 bits per heavy atom. The normalized spacial score (nSPS) is 20.3. The van der Waals surface area contributed by atoms with Crippen molar-refractivity contribution in [2.45, 2.75) is 19.3 Å². The molecule has 0 bridgehead atoms. The molecule has 154 valence electrons. The van der Waals surface area contributed by atoms with E-state index in [-0.39, 0.29) is 11.6 Å². The highest BCUT2D eigenvalue weighted by molar-refractivity contribution is 8.18. The monoisotopic (exact) mass is 422 g/mol. The number of amidine groups is 1. The Labute approximate surface area is 179 Å². The summed E-state index contributed by atoms with van der Waals surface area (Å²) in [7, 11) is 0. The summed E-state index contributed by atoms with van der Waals surface area (Å²) >= 11 is 1.26. The van der Waals surface area contributed by atoms with Gasteiger partial charge in [-0.25, -0.2) is 4.99 Å². The minimum Gasteiger partial charge on any atom is -0.286 e. The Hall–Kier alpha value is -2.97. The zero-order chi connectivity index (χ0) is 20.9. The van der Waals surface area contributed by atoms with Crippen LogP contribution in [-0.4, -0.2) is 45.6 Å². The molecule has 0 unspecified atom stereocenters. The summed E-state index contributed by atoms with van der Waals surface area (Å²) in [6.45, 7) is 2.39. The van der Waals surface area contributed by atoms with Crippen LogP contribution in [0.1, 0.15) is 24.8 Å². The van der Waals surface area contributed by atoms with Crippen LogP contribution in [0.15, 0.2) is 64.5 Å². The van der Waals surface area contributed by atoms with Crippen molar-refractivity contribution < 1.29 is 9.72 Å². The van der Waals surface area contributed by atoms with E-state index >= 15 is 0 Å². The smallest absolute Gasteiger partial charge is 0.276 e. The SMILES string of the molecule is O=C1/C(=C/c2ccccc2[N+](=O)[O-])SC(=Nc2ccccc2)N1CN1CCCCC1. The Kier molecular flexibility index (Phi) is 6.25. The van der Waals surface area contributed by atoms with Gasteiger partial charge in [0.25, 0.3) is 11.6 Å². The molecule has 2 saturated heterocycles. The molecule has 0 saturated carbocycles. The van der Waals surface area contributed by atoms with Crippen LogP contribution in [0.4, 0.5) is 11.4 Å². The zero-order valence-electron chi connectivity index (χ0n) is 16.4. The number of hydrogen-bond donors (Lipinski definition) is 0. The van der Waals surface area contributed by atoms with Crippen LogP contribution in [0.5, 0.6) is 0 Å². The molecule has 2 heterocycles. The fourth-order valence-electron chi connectivity index (χ4n) is 3.55. The van der Waals surface area contributed by atoms with Crippen LogP contribution in [0.25, 0.3) is 6.08 Å². The Bertz CT molecular complexity index is 1000. The average Bonchev–Trinajstić information content (AvgIpc) is 3.04. The van der Waals surface area contributed by atoms with Crippen LogP contribution >= 0.6 is 11.8 Å². The number of piperidine rings is 1. The third-order valence-corrected chi connectivity index (χ3v) is 6.09. The van der Waals surface area contributed by atoms with Crippen LogP contribution in [0.3, 0.4) is 0 Å². The number of thioether (sulfide) groups is 1. The van der Waals surface area contributed by atoms with E-state index in [0.717, 1.165) is 31.6 Å². The van der Waals surface area contributed by atoms with E-state index in [1.165, 1.54) is 24.2 Å². The first-order chi connectivity index (χ1) is 14.6. The predicted molar refractivity (Wildman–Crippen MR) is 119 cm³/mol. The van der Waals surface area contributed by atoms with Gasteiger partial charge in [0, 0.05) is 6.07 Å². The van der Waals surface area contributed by atoms with Crippen molar-refractivity contribution in [3.63, 3.8) is 0 Å². The fraction of sp³-hybridized carbons (Fsp3) is 0.273. The van der Waals surface area contributed by atoms with Gasteiger partial charge in [-0.3, -0.25) is 24.7 Å². The minimum absolute atomic E-state index is 0.0190. The summed E-state index contributed by atoms with van der Waals surface area (Å²) in [5.74, 6) is -0.168. The summed E-state index contributed by atoms with van der Waals surface area (Å²) < 4.78 is 0. The number of nitro benzene ring substituents is 1. The van der Waals surface area contributed by atoms with Gasteiger partial charge in [0.2, 0.25) is 0 Å². The van der Waals surface area contributed by atoms with E-state index < -0.39 is 4.92 Å². The summed E-state index contributed by atoms with van der Waals surface area (Å²) in [5.41, 5.74) is 1.16. The molecule has 2 aliphatic rings. The van der Waals surface area contributed by atoms with Crippen molar-refractivity contribution in [2.24, 2.45) is 4.99 Å². The van der Waals surface area contributed by atoms with Crippen LogP contribution in [0.2, 0.25) is 0 Å². The van der Waals surface area contributed by atoms with Crippen molar-refractivity contribution >= 4 is 40.3 Å². The number of aliphatic imine (C=N–C) groups is 1. The molecule has 30 heavy (non-hydrogen) atoms. The lowest BCUT2D eigenvalue weighted by Gasteiger charge is -2.30. The second kappa shape index (κ2) is 9.23. The van der Waals surface area contributed by atoms with Gasteiger partial charge in [0.1, 0.15) is 0 Å². The van der Waals surface area contributed by atoms with E-state index in [1.54, 1.807) is 29.2 Å². The molecule has 7 nitrogen and oxygen atoms in total. The first-order valence-corrected chi connectivity index (χ1v) is 10.7. The Balaban J connectivity index is 1.67. The van der Waals surface area contributed by atoms with Crippen molar-refractivity contribution in [3.05, 3.63) is 75.2 Å². The van der Waals surface area contributed by atoms with Crippen molar-refractivity contribution in [2.75, 3.05) is 19.8 Å². The van der Waals surface area contributed by atoms with Gasteiger partial charge in [-0.05, 0) is 62.0 Å². The number of carbonyl (C=O) groups is 1. The molecule has 8 heteroatoms. The maximum absolute atomic E-state index is 13.2. The number of nitro groups is 1. The first kappa shape index (κ1) is 20.3. The van der Waals surface area contributed by atoms with Gasteiger partial charge in [-0.15, -0.1) is 0 Å². The van der Waals surface area contributed by atoms with E-state index in [9.17, 15) is 14.9 Å². The molecular formula is C22H22N4O3S. The van der Waals surface area contributed by atoms with E-state index in [0.29, 0.717) is 22.3 Å². The van der Waals surface area contributed by atoms with Gasteiger partial charge >= 0.3 is 0 Å². The van der Waals surface area contributed by atoms with E-state index in [1.807, 2.05) is 30.3 Å². The van der Waals surface area contributed by atoms with Crippen molar-refractivity contribution in [1.29, 1.82) is 0 Å². The largest absolute Gasteiger partial charge is 0.286 e. The number of nitrogens with zero attached hydrogens (tertiary/aromatic N) is 4. The lowest BCUT2D eigenvalue weighted by molar-refractivity contribution is -0.385. The van der Waals surface area contributed by atoms with Gasteiger partial charge in [0.05, 0.1) is 27.7 Å². The summed E-state index contributed by atoms with van der Waals surface area (Å²) in [4.78, 5) is 33.2. The Morgan fingerprint density at radius 3 is 2.47 bits per heavy atom. The van der Waals surface area contributed by atoms with Gasteiger partial charge in [-0.2, -0.15) is 0 Å². The summed E-state index contributed by atoms with van der Waals surface area (Å²) in [6.07, 6.45) is 5.06. The van der Waals surface area contributed by atoms with Crippen LogP contribution in [0, 0.1) is 10.1 Å². The summed E-state index contributed by atoms with van der Waals surface area (Å²) in [6, 6.07) is 16.0. The standard InChI is InChI=1S/C22H22N4O3S/c27-21-20(15-17-9-5-6-12-19(17)26(28)29)30-22(23-18-10-3-1-4-11-18)25(21)16-24-13-7-2-8-14-24/h1,3-6,9-12,15H,2,7-8,13-14,16H2/b20-15-,23-22?. The molecule has 2 fully saturated rings. The highest BCUT2D eigenvalue weighted by Crippen LogP contribution is 2.35. The van der Waals surface area contributed by atoms with E-state index in [2.05, 4.69) is 9.89 Å². The minimum atomic E-state index is -0.430. The molecule has 2 aromatic carbocycles. The van der Waals surface area contributed by atoms with Crippen LogP contribution < -0.4 is 0 Å². The molecule has 0 aromatic heterocycles. The lowest BCUT2D eigenvalue weighted by Crippen LogP contribution is -2.43. The molecule has 1 amide bonds. The molecule has 0 aliphatic carbocycles. The number of rotatable bonds is 5. The highest BCUT2D eigenvalue weighted by atomic mass is 32.2. The third kappa shape index (κ3) is 4.60. The Morgan fingerprint density at radius 2 is 1.73 bits per heavy atom. The fourth-order valence-corrected chi connectivity index (χ4v) is 4.53. The number of benzene rings is 2. The number of hydrogen-bond acceptors (Lipinski definition) is 6. The quantitative estimate of drug-likeness (QED) is 0.398. The maximum Gasteiger partial charge on any atom is 0.276 e. The van der Waals surface area contributed by atoms with Gasteiger partial charge in [0.15, 0.2) is 5.17 Å². The first-order valence-electron chi connectivity index (χ1n) is 9.93. The summed E-state index contributed by atoms with van der Waals surface area (Å²) in [5, 5.41) is 12.0. The second-order valence-corrected chi connectivity index (χ2v) is 8.22. The predicted octanol–water partition coefficient (Wildman–Crippen LogP) is 4.64. The lowest BCUT2D eigenvalue weighted by atomic mass is 10.1. The second-order valence-electron chi connectivity index (χ2n) is 7.21. The van der Waals surface area contributed by atoms with Crippen molar-refractivity contribution in [1.82, 2.24) is 9.80 Å². The third-order valence-electron chi connectivity index (χ3n) is 5.08. The molecule has 4 rings (SSSR count). The maximum atomic E-state index is 13.2. The molecule has 0 atom stereocenters. The average molecular weight is 423 g/mol. The van der Waals surface area contributed by atoms with E-state index in [4.69, 9.17) is 0 Å². The van der Waals surface area contributed by atoms with Gasteiger partial charge < -0.3 is 0 Å². The number of amides is 1. The molecule has 2 aliphatic heterocycles. The van der Waals surface area contributed by atoms with Crippen molar-refractivity contribution in [3.8, 4) is 0 Å². The van der Waals surface area contributed by atoms with Crippen LogP contribution in [-0.2, 0) is 4.79 Å². The molecular weight excluding hydrogens is 400 g/mol. The molecule has 0 radical (unpaired) electrons. The molecule has 2 aromatic rings. The number of para-hydroxylation sites is 2. The molecule has 0 spiro atoms. The zero-order valence-corrected chi connectivity index (χ0v) is 17.3. The number of likely N-dealkylation sites (tertiary alicyclic amines) is 1. The topological polar surface area (TPSA) is 79.0 Å². The van der Waals surface area contributed by atoms with Gasteiger partial charge in [-0.1, -0.05) is 36.8 Å².